The smallest absolute Gasteiger partial charge is 0.142 e. The Balaban J connectivity index is 1.48. The van der Waals surface area contributed by atoms with Crippen molar-refractivity contribution >= 4 is 27.8 Å². The van der Waals surface area contributed by atoms with E-state index in [2.05, 4.69) is 38.1 Å². The summed E-state index contributed by atoms with van der Waals surface area (Å²) in [6, 6.07) is 2.46. The highest BCUT2D eigenvalue weighted by Crippen LogP contribution is 2.55. The van der Waals surface area contributed by atoms with Crippen LogP contribution in [0.3, 0.4) is 0 Å². The molecule has 4 atom stereocenters. The fraction of sp³-hybridized carbons (Fsp3) is 0.625. The number of nitrogens with one attached hydrogen (secondary N) is 1. The van der Waals surface area contributed by atoms with Gasteiger partial charge < -0.3 is 9.88 Å². The first-order chi connectivity index (χ1) is 11.1. The molecule has 2 fully saturated rings. The third-order valence-corrected chi connectivity index (χ3v) is 6.96. The molecule has 0 amide bonds. The summed E-state index contributed by atoms with van der Waals surface area (Å²) >= 11 is 0. The van der Waals surface area contributed by atoms with E-state index in [0.717, 1.165) is 35.7 Å². The predicted octanol–water partition coefficient (Wildman–Crippen LogP) is 1.64. The molecule has 1 saturated carbocycles. The van der Waals surface area contributed by atoms with Crippen LogP contribution >= 0.6 is 0 Å². The summed E-state index contributed by atoms with van der Waals surface area (Å²) in [6.07, 6.45) is 3.53. The van der Waals surface area contributed by atoms with Crippen LogP contribution in [0.2, 0.25) is 0 Å². The van der Waals surface area contributed by atoms with E-state index < -0.39 is 11.0 Å². The van der Waals surface area contributed by atoms with Gasteiger partial charge in [0.05, 0.1) is 16.4 Å². The van der Waals surface area contributed by atoms with Crippen molar-refractivity contribution in [3.05, 3.63) is 18.6 Å². The number of hydrogen-bond acceptors (Lipinski definition) is 4. The van der Waals surface area contributed by atoms with E-state index in [1.807, 2.05) is 19.2 Å². The van der Waals surface area contributed by atoms with Crippen molar-refractivity contribution < 1.29 is 4.21 Å². The van der Waals surface area contributed by atoms with Crippen LogP contribution in [0.1, 0.15) is 13.8 Å². The highest BCUT2D eigenvalue weighted by molar-refractivity contribution is 7.82. The highest BCUT2D eigenvalue weighted by atomic mass is 32.2. The first-order valence-corrected chi connectivity index (χ1v) is 9.53. The van der Waals surface area contributed by atoms with Gasteiger partial charge in [0, 0.05) is 38.1 Å². The lowest BCUT2D eigenvalue weighted by Gasteiger charge is -2.29. The molecule has 1 aliphatic heterocycles. The molecule has 1 aliphatic carbocycles. The maximum atomic E-state index is 11.9. The minimum Gasteiger partial charge on any atom is -0.356 e. The van der Waals surface area contributed by atoms with Crippen molar-refractivity contribution in [1.29, 1.82) is 0 Å². The number of fused-ring (bicyclic) bond motifs is 2. The second-order valence-corrected chi connectivity index (χ2v) is 8.39. The molecular formula is C16H23N5OS. The normalized spacial score (nSPS) is 29.4. The zero-order valence-electron chi connectivity index (χ0n) is 13.8. The minimum absolute atomic E-state index is 0.426. The zero-order chi connectivity index (χ0) is 16.1. The quantitative estimate of drug-likeness (QED) is 0.903. The summed E-state index contributed by atoms with van der Waals surface area (Å²) in [5, 5.41) is 1.07. The molecule has 4 rings (SSSR count). The zero-order valence-corrected chi connectivity index (χ0v) is 14.6. The molecule has 3 unspecified atom stereocenters. The second-order valence-electron chi connectivity index (χ2n) is 6.65. The Kier molecular flexibility index (Phi) is 3.65. The van der Waals surface area contributed by atoms with Crippen LogP contribution in [-0.4, -0.2) is 55.4 Å². The fourth-order valence-electron chi connectivity index (χ4n) is 4.19. The molecule has 0 bridgehead atoms. The number of H-pyrrole nitrogens is 1. The molecule has 6 nitrogen and oxygen atoms in total. The number of aromatic nitrogens is 3. The van der Waals surface area contributed by atoms with Gasteiger partial charge >= 0.3 is 0 Å². The van der Waals surface area contributed by atoms with E-state index in [-0.39, 0.29) is 0 Å². The lowest BCUT2D eigenvalue weighted by molar-refractivity contribution is 0.409. The van der Waals surface area contributed by atoms with Gasteiger partial charge in [0.25, 0.3) is 0 Å². The fourth-order valence-corrected chi connectivity index (χ4v) is 5.23. The Hall–Kier alpha value is -1.47. The van der Waals surface area contributed by atoms with E-state index >= 15 is 0 Å². The SMILES string of the molecule is CCS(=O)N1CC2C(C1)C2[C@H](C)N(C)c1ncnc2[nH]ccc12. The van der Waals surface area contributed by atoms with Gasteiger partial charge in [-0.1, -0.05) is 6.92 Å². The Morgan fingerprint density at radius 3 is 2.87 bits per heavy atom. The summed E-state index contributed by atoms with van der Waals surface area (Å²) in [7, 11) is 1.33. The van der Waals surface area contributed by atoms with Gasteiger partial charge in [-0.25, -0.2) is 18.5 Å². The molecule has 0 spiro atoms. The largest absolute Gasteiger partial charge is 0.356 e. The molecule has 1 saturated heterocycles. The monoisotopic (exact) mass is 333 g/mol. The second kappa shape index (κ2) is 5.56. The number of piperidine rings is 1. The van der Waals surface area contributed by atoms with Crippen LogP contribution in [0.5, 0.6) is 0 Å². The summed E-state index contributed by atoms with van der Waals surface area (Å²) < 4.78 is 14.1. The first kappa shape index (κ1) is 15.1. The van der Waals surface area contributed by atoms with Crippen molar-refractivity contribution in [1.82, 2.24) is 19.3 Å². The molecule has 3 heterocycles. The number of nitrogens with zero attached hydrogens (tertiary/aromatic N) is 4. The van der Waals surface area contributed by atoms with Crippen LogP contribution < -0.4 is 4.90 Å². The van der Waals surface area contributed by atoms with Crippen LogP contribution in [0, 0.1) is 17.8 Å². The van der Waals surface area contributed by atoms with E-state index in [4.69, 9.17) is 0 Å². The van der Waals surface area contributed by atoms with E-state index in [1.54, 1.807) is 6.33 Å². The van der Waals surface area contributed by atoms with Crippen molar-refractivity contribution in [2.24, 2.45) is 17.8 Å². The molecule has 7 heteroatoms. The Labute approximate surface area is 138 Å². The summed E-state index contributed by atoms with van der Waals surface area (Å²) in [6.45, 7) is 6.24. The molecule has 2 aromatic rings. The molecule has 124 valence electrons. The van der Waals surface area contributed by atoms with Crippen LogP contribution in [0.25, 0.3) is 11.0 Å². The van der Waals surface area contributed by atoms with E-state index in [9.17, 15) is 4.21 Å². The van der Waals surface area contributed by atoms with Crippen LogP contribution in [0.15, 0.2) is 18.6 Å². The molecule has 0 radical (unpaired) electrons. The van der Waals surface area contributed by atoms with Crippen LogP contribution in [0.4, 0.5) is 5.82 Å². The lowest BCUT2D eigenvalue weighted by Crippen LogP contribution is -2.36. The topological polar surface area (TPSA) is 65.1 Å². The van der Waals surface area contributed by atoms with Crippen molar-refractivity contribution in [2.75, 3.05) is 30.8 Å². The maximum absolute atomic E-state index is 11.9. The predicted molar refractivity (Wildman–Crippen MR) is 92.5 cm³/mol. The standard InChI is InChI=1S/C16H23N5OS/c1-4-23(22)21-7-12-13(8-21)14(12)10(2)20(3)16-11-5-6-17-15(11)18-9-19-16/h5-6,9-10,12-14H,4,7-8H2,1-3H3,(H,17,18,19)/t10-,12?,13?,14?,23?/m0/s1. The van der Waals surface area contributed by atoms with Crippen LogP contribution in [-0.2, 0) is 11.0 Å². The first-order valence-electron chi connectivity index (χ1n) is 8.26. The Bertz CT molecular complexity index is 735. The van der Waals surface area contributed by atoms with Gasteiger partial charge in [-0.3, -0.25) is 0 Å². The summed E-state index contributed by atoms with van der Waals surface area (Å²) in [5.74, 6) is 3.76. The van der Waals surface area contributed by atoms with Gasteiger partial charge in [0.1, 0.15) is 17.8 Å². The van der Waals surface area contributed by atoms with Crippen molar-refractivity contribution in [3.63, 3.8) is 0 Å². The number of aromatic amines is 1. The molecule has 2 aliphatic rings. The summed E-state index contributed by atoms with van der Waals surface area (Å²) in [4.78, 5) is 14.2. The minimum atomic E-state index is -0.786. The molecule has 1 N–H and O–H groups in total. The Morgan fingerprint density at radius 2 is 2.17 bits per heavy atom. The third kappa shape index (κ3) is 2.37. The average molecular weight is 333 g/mol. The van der Waals surface area contributed by atoms with Crippen molar-refractivity contribution in [3.8, 4) is 0 Å². The van der Waals surface area contributed by atoms with Crippen molar-refractivity contribution in [2.45, 2.75) is 19.9 Å². The number of rotatable bonds is 5. The summed E-state index contributed by atoms with van der Waals surface area (Å²) in [5.41, 5.74) is 0.884. The maximum Gasteiger partial charge on any atom is 0.142 e. The molecule has 2 aromatic heterocycles. The van der Waals surface area contributed by atoms with Gasteiger partial charge in [0.2, 0.25) is 0 Å². The number of anilines is 1. The van der Waals surface area contributed by atoms with E-state index in [0.29, 0.717) is 23.8 Å². The van der Waals surface area contributed by atoms with Gasteiger partial charge in [-0.2, -0.15) is 0 Å². The van der Waals surface area contributed by atoms with Gasteiger partial charge in [-0.15, -0.1) is 0 Å². The van der Waals surface area contributed by atoms with E-state index in [1.165, 1.54) is 0 Å². The highest BCUT2D eigenvalue weighted by Gasteiger charge is 2.59. The number of hydrogen-bond donors (Lipinski definition) is 1. The van der Waals surface area contributed by atoms with Gasteiger partial charge in [0.15, 0.2) is 0 Å². The molecule has 0 aromatic carbocycles. The Morgan fingerprint density at radius 1 is 1.43 bits per heavy atom. The van der Waals surface area contributed by atoms with Gasteiger partial charge in [-0.05, 0) is 30.7 Å². The molecule has 23 heavy (non-hydrogen) atoms. The molecular weight excluding hydrogens is 310 g/mol. The average Bonchev–Trinajstić information content (AvgIpc) is 2.97. The lowest BCUT2D eigenvalue weighted by atomic mass is 10.1. The third-order valence-electron chi connectivity index (χ3n) is 5.60.